The zero-order valence-electron chi connectivity index (χ0n) is 6.18. The maximum absolute atomic E-state index is 8.61. The number of hydrogen-bond donors (Lipinski definition) is 1. The molecule has 0 atom stereocenters. The average molecular weight is 166 g/mol. The van der Waals surface area contributed by atoms with E-state index in [-0.39, 0.29) is 4.75 Å². The molecule has 0 aromatic heterocycles. The average Bonchev–Trinajstić information content (AvgIpc) is 1.64. The zero-order chi connectivity index (χ0) is 7.33. The van der Waals surface area contributed by atoms with E-state index in [1.165, 1.54) is 0 Å². The van der Waals surface area contributed by atoms with E-state index in [1.54, 1.807) is 10.8 Å². The highest BCUT2D eigenvalue weighted by molar-refractivity contribution is 8.76. The Hall–Kier alpha value is 0.660. The lowest BCUT2D eigenvalue weighted by atomic mass is 10.1. The van der Waals surface area contributed by atoms with E-state index in [0.717, 1.165) is 6.42 Å². The van der Waals surface area contributed by atoms with E-state index in [9.17, 15) is 0 Å². The minimum absolute atomic E-state index is 0.230. The summed E-state index contributed by atoms with van der Waals surface area (Å²) in [5.74, 6) is 0. The van der Waals surface area contributed by atoms with Crippen molar-refractivity contribution in [3.63, 3.8) is 0 Å². The first-order valence-corrected chi connectivity index (χ1v) is 5.51. The lowest BCUT2D eigenvalue weighted by molar-refractivity contribution is 0.275. The molecule has 0 aliphatic heterocycles. The summed E-state index contributed by atoms with van der Waals surface area (Å²) in [4.78, 5) is 0. The molecule has 0 unspecified atom stereocenters. The number of rotatable bonds is 4. The maximum atomic E-state index is 8.61. The molecule has 0 aliphatic carbocycles. The molecular weight excluding hydrogens is 152 g/mol. The Bertz CT molecular complexity index is 65.5. The van der Waals surface area contributed by atoms with Gasteiger partial charge in [0.05, 0.1) is 0 Å². The van der Waals surface area contributed by atoms with Gasteiger partial charge in [0.25, 0.3) is 0 Å². The monoisotopic (exact) mass is 166 g/mol. The fourth-order valence-electron chi connectivity index (χ4n) is 0.537. The quantitative estimate of drug-likeness (QED) is 0.646. The van der Waals surface area contributed by atoms with E-state index in [2.05, 4.69) is 20.1 Å². The fourth-order valence-corrected chi connectivity index (χ4v) is 2.77. The Labute approximate surface area is 65.0 Å². The van der Waals surface area contributed by atoms with Crippen LogP contribution in [-0.4, -0.2) is 22.7 Å². The molecule has 0 heterocycles. The summed E-state index contributed by atoms with van der Waals surface area (Å²) in [7, 11) is 3.57. The molecule has 0 saturated heterocycles. The largest absolute Gasteiger partial charge is 0.396 e. The van der Waals surface area contributed by atoms with Gasteiger partial charge in [-0.3, -0.25) is 0 Å². The van der Waals surface area contributed by atoms with Gasteiger partial charge in [-0.2, -0.15) is 0 Å². The van der Waals surface area contributed by atoms with Crippen LogP contribution in [-0.2, 0) is 0 Å². The third kappa shape index (κ3) is 5.12. The summed E-state index contributed by atoms with van der Waals surface area (Å²) in [6.07, 6.45) is 2.93. The summed E-state index contributed by atoms with van der Waals surface area (Å²) in [6, 6.07) is 0. The van der Waals surface area contributed by atoms with Crippen molar-refractivity contribution < 1.29 is 5.11 Å². The van der Waals surface area contributed by atoms with Crippen LogP contribution < -0.4 is 0 Å². The molecule has 0 rings (SSSR count). The second kappa shape index (κ2) is 4.47. The van der Waals surface area contributed by atoms with Gasteiger partial charge in [-0.25, -0.2) is 0 Å². The highest BCUT2D eigenvalue weighted by atomic mass is 33.1. The van der Waals surface area contributed by atoms with E-state index in [1.807, 2.05) is 10.8 Å². The SMILES string of the molecule is CSSC(C)(C)CCO. The minimum atomic E-state index is 0.230. The van der Waals surface area contributed by atoms with Gasteiger partial charge in [-0.1, -0.05) is 21.6 Å². The molecule has 0 aliphatic rings. The van der Waals surface area contributed by atoms with Crippen molar-refractivity contribution >= 4 is 21.6 Å². The molecule has 0 aromatic rings. The first-order chi connectivity index (χ1) is 4.12. The standard InChI is InChI=1S/C6H14OS2/c1-6(2,4-5-7)9-8-3/h7H,4-5H2,1-3H3. The second-order valence-corrected chi connectivity index (χ2v) is 5.59. The Morgan fingerprint density at radius 3 is 2.33 bits per heavy atom. The van der Waals surface area contributed by atoms with Crippen LogP contribution in [0.2, 0.25) is 0 Å². The zero-order valence-corrected chi connectivity index (χ0v) is 7.81. The van der Waals surface area contributed by atoms with E-state index < -0.39 is 0 Å². The summed E-state index contributed by atoms with van der Waals surface area (Å²) in [5, 5.41) is 8.61. The molecule has 0 fully saturated rings. The molecule has 0 radical (unpaired) electrons. The summed E-state index contributed by atoms with van der Waals surface area (Å²) in [5.41, 5.74) is 0. The molecule has 1 nitrogen and oxygen atoms in total. The van der Waals surface area contributed by atoms with Crippen molar-refractivity contribution in [2.75, 3.05) is 12.9 Å². The molecule has 0 bridgehead atoms. The molecular formula is C6H14OS2. The number of hydrogen-bond acceptors (Lipinski definition) is 3. The Balaban J connectivity index is 3.43. The molecule has 0 spiro atoms. The van der Waals surface area contributed by atoms with Crippen molar-refractivity contribution in [2.24, 2.45) is 0 Å². The Morgan fingerprint density at radius 1 is 1.44 bits per heavy atom. The predicted molar refractivity (Wildman–Crippen MR) is 46.9 cm³/mol. The Morgan fingerprint density at radius 2 is 2.00 bits per heavy atom. The van der Waals surface area contributed by atoms with Crippen LogP contribution in [0.5, 0.6) is 0 Å². The van der Waals surface area contributed by atoms with Gasteiger partial charge >= 0.3 is 0 Å². The van der Waals surface area contributed by atoms with Gasteiger partial charge < -0.3 is 5.11 Å². The van der Waals surface area contributed by atoms with Gasteiger partial charge in [0, 0.05) is 11.4 Å². The van der Waals surface area contributed by atoms with Crippen LogP contribution in [0.15, 0.2) is 0 Å². The third-order valence-electron chi connectivity index (χ3n) is 1.02. The second-order valence-electron chi connectivity index (χ2n) is 2.48. The van der Waals surface area contributed by atoms with Crippen LogP contribution in [0.4, 0.5) is 0 Å². The molecule has 0 aromatic carbocycles. The van der Waals surface area contributed by atoms with Crippen molar-refractivity contribution in [3.05, 3.63) is 0 Å². The van der Waals surface area contributed by atoms with E-state index in [0.29, 0.717) is 6.61 Å². The Kier molecular flexibility index (Phi) is 4.80. The number of aliphatic hydroxyl groups excluding tert-OH is 1. The van der Waals surface area contributed by atoms with Gasteiger partial charge in [0.15, 0.2) is 0 Å². The van der Waals surface area contributed by atoms with Crippen LogP contribution in [0.1, 0.15) is 20.3 Å². The lowest BCUT2D eigenvalue weighted by Crippen LogP contribution is -2.14. The molecule has 56 valence electrons. The molecule has 1 N–H and O–H groups in total. The van der Waals surface area contributed by atoms with Crippen LogP contribution in [0, 0.1) is 0 Å². The molecule has 3 heteroatoms. The topological polar surface area (TPSA) is 20.2 Å². The molecule has 0 saturated carbocycles. The summed E-state index contributed by atoms with van der Waals surface area (Å²) < 4.78 is 0.230. The summed E-state index contributed by atoms with van der Waals surface area (Å²) in [6.45, 7) is 4.58. The minimum Gasteiger partial charge on any atom is -0.396 e. The lowest BCUT2D eigenvalue weighted by Gasteiger charge is -2.20. The molecule has 9 heavy (non-hydrogen) atoms. The first kappa shape index (κ1) is 9.66. The van der Waals surface area contributed by atoms with Gasteiger partial charge in [-0.05, 0) is 26.5 Å². The third-order valence-corrected chi connectivity index (χ3v) is 3.70. The summed E-state index contributed by atoms with van der Waals surface area (Å²) >= 11 is 0. The smallest absolute Gasteiger partial charge is 0.0444 e. The van der Waals surface area contributed by atoms with Crippen molar-refractivity contribution in [2.45, 2.75) is 25.0 Å². The van der Waals surface area contributed by atoms with Gasteiger partial charge in [-0.15, -0.1) is 0 Å². The van der Waals surface area contributed by atoms with Crippen LogP contribution in [0.3, 0.4) is 0 Å². The fraction of sp³-hybridized carbons (Fsp3) is 1.00. The van der Waals surface area contributed by atoms with Gasteiger partial charge in [0.2, 0.25) is 0 Å². The van der Waals surface area contributed by atoms with Crippen molar-refractivity contribution in [3.8, 4) is 0 Å². The first-order valence-electron chi connectivity index (χ1n) is 2.95. The highest BCUT2D eigenvalue weighted by Gasteiger charge is 2.16. The normalized spacial score (nSPS) is 12.0. The maximum Gasteiger partial charge on any atom is 0.0444 e. The van der Waals surface area contributed by atoms with Crippen LogP contribution in [0.25, 0.3) is 0 Å². The van der Waals surface area contributed by atoms with Crippen molar-refractivity contribution in [1.29, 1.82) is 0 Å². The number of aliphatic hydroxyl groups is 1. The van der Waals surface area contributed by atoms with Gasteiger partial charge in [0.1, 0.15) is 0 Å². The predicted octanol–water partition coefficient (Wildman–Crippen LogP) is 2.16. The van der Waals surface area contributed by atoms with Crippen molar-refractivity contribution in [1.82, 2.24) is 0 Å². The van der Waals surface area contributed by atoms with E-state index >= 15 is 0 Å². The van der Waals surface area contributed by atoms with Crippen LogP contribution >= 0.6 is 21.6 Å². The highest BCUT2D eigenvalue weighted by Crippen LogP contribution is 2.35. The van der Waals surface area contributed by atoms with E-state index in [4.69, 9.17) is 5.11 Å². The molecule has 0 amide bonds.